The van der Waals surface area contributed by atoms with Crippen molar-refractivity contribution in [3.63, 3.8) is 0 Å². The minimum Gasteiger partial charge on any atom is -0.356 e. The number of amides is 1. The van der Waals surface area contributed by atoms with Gasteiger partial charge in [-0.15, -0.1) is 11.3 Å². The van der Waals surface area contributed by atoms with Crippen LogP contribution in [0.2, 0.25) is 0 Å². The number of sulfonamides is 1. The van der Waals surface area contributed by atoms with Crippen molar-refractivity contribution < 1.29 is 13.2 Å². The Balaban J connectivity index is 2.77. The molecule has 1 N–H and O–H groups in total. The summed E-state index contributed by atoms with van der Waals surface area (Å²) in [5, 5.41) is 2.70. The van der Waals surface area contributed by atoms with Crippen LogP contribution in [-0.2, 0) is 21.2 Å². The lowest BCUT2D eigenvalue weighted by atomic mass is 10.3. The van der Waals surface area contributed by atoms with Crippen LogP contribution in [0.4, 0.5) is 0 Å². The van der Waals surface area contributed by atoms with Crippen LogP contribution in [0.15, 0.2) is 16.3 Å². The molecule has 0 aliphatic heterocycles. The molecule has 0 spiro atoms. The summed E-state index contributed by atoms with van der Waals surface area (Å²) < 4.78 is 26.6. The average Bonchev–Trinajstić information content (AvgIpc) is 2.86. The molecule has 5 nitrogen and oxygen atoms in total. The van der Waals surface area contributed by atoms with Gasteiger partial charge < -0.3 is 5.32 Å². The predicted molar refractivity (Wildman–Crippen MR) is 81.4 cm³/mol. The van der Waals surface area contributed by atoms with E-state index in [2.05, 4.69) is 5.32 Å². The quantitative estimate of drug-likeness (QED) is 0.834. The van der Waals surface area contributed by atoms with Crippen molar-refractivity contribution in [3.8, 4) is 0 Å². The molecule has 0 aromatic carbocycles. The van der Waals surface area contributed by atoms with E-state index in [1.54, 1.807) is 13.1 Å². The molecule has 0 unspecified atom stereocenters. The van der Waals surface area contributed by atoms with Gasteiger partial charge in [0.1, 0.15) is 4.21 Å². The Bertz CT molecular complexity index is 552. The van der Waals surface area contributed by atoms with Gasteiger partial charge in [0.15, 0.2) is 0 Å². The van der Waals surface area contributed by atoms with E-state index in [1.807, 2.05) is 19.9 Å². The van der Waals surface area contributed by atoms with Crippen molar-refractivity contribution in [2.75, 3.05) is 13.6 Å². The molecule has 20 heavy (non-hydrogen) atoms. The van der Waals surface area contributed by atoms with Crippen LogP contribution in [-0.4, -0.2) is 38.3 Å². The predicted octanol–water partition coefficient (Wildman–Crippen LogP) is 1.85. The van der Waals surface area contributed by atoms with E-state index in [4.69, 9.17) is 0 Å². The zero-order chi connectivity index (χ0) is 15.3. The van der Waals surface area contributed by atoms with Gasteiger partial charge in [0.2, 0.25) is 5.91 Å². The summed E-state index contributed by atoms with van der Waals surface area (Å²) in [6.45, 7) is 5.84. The normalized spacial score (nSPS) is 13.4. The Hall–Kier alpha value is -0.920. The maximum absolute atomic E-state index is 12.4. The Morgan fingerprint density at radius 3 is 2.65 bits per heavy atom. The molecule has 7 heteroatoms. The van der Waals surface area contributed by atoms with Gasteiger partial charge in [0.05, 0.1) is 0 Å². The third-order valence-electron chi connectivity index (χ3n) is 3.23. The van der Waals surface area contributed by atoms with Crippen molar-refractivity contribution in [1.82, 2.24) is 9.62 Å². The van der Waals surface area contributed by atoms with E-state index in [0.717, 1.165) is 11.3 Å². The highest BCUT2D eigenvalue weighted by atomic mass is 32.2. The van der Waals surface area contributed by atoms with E-state index in [1.165, 1.54) is 22.6 Å². The molecular weight excluding hydrogens is 296 g/mol. The maximum atomic E-state index is 12.4. The second-order valence-electron chi connectivity index (χ2n) is 4.73. The molecule has 0 aliphatic carbocycles. The van der Waals surface area contributed by atoms with Gasteiger partial charge in [-0.3, -0.25) is 4.79 Å². The number of hydrogen-bond donors (Lipinski definition) is 1. The van der Waals surface area contributed by atoms with Gasteiger partial charge in [-0.1, -0.05) is 6.92 Å². The summed E-state index contributed by atoms with van der Waals surface area (Å²) in [6.07, 6.45) is 1.42. The van der Waals surface area contributed by atoms with Crippen LogP contribution >= 0.6 is 11.3 Å². The van der Waals surface area contributed by atoms with Crippen LogP contribution in [0.3, 0.4) is 0 Å². The molecule has 1 aromatic rings. The first-order chi connectivity index (χ1) is 9.28. The molecule has 1 rings (SSSR count). The summed E-state index contributed by atoms with van der Waals surface area (Å²) in [7, 11) is -1.80. The lowest BCUT2D eigenvalue weighted by Crippen LogP contribution is -2.34. The highest BCUT2D eigenvalue weighted by molar-refractivity contribution is 7.91. The number of thiophene rings is 1. The zero-order valence-electron chi connectivity index (χ0n) is 12.3. The summed E-state index contributed by atoms with van der Waals surface area (Å²) in [5.74, 6) is -0.0779. The highest BCUT2D eigenvalue weighted by Gasteiger charge is 2.25. The Kier molecular flexibility index (Phi) is 6.16. The topological polar surface area (TPSA) is 66.5 Å². The van der Waals surface area contributed by atoms with Crippen molar-refractivity contribution in [2.24, 2.45) is 0 Å². The summed E-state index contributed by atoms with van der Waals surface area (Å²) >= 11 is 1.27. The fourth-order valence-corrected chi connectivity index (χ4v) is 4.61. The van der Waals surface area contributed by atoms with Gasteiger partial charge in [0, 0.05) is 31.4 Å². The Morgan fingerprint density at radius 2 is 2.10 bits per heavy atom. The largest absolute Gasteiger partial charge is 0.356 e. The molecule has 1 heterocycles. The molecule has 1 aromatic heterocycles. The molecule has 114 valence electrons. The van der Waals surface area contributed by atoms with Crippen LogP contribution in [0.1, 0.15) is 32.1 Å². The number of hydrogen-bond acceptors (Lipinski definition) is 4. The Morgan fingerprint density at radius 1 is 1.45 bits per heavy atom. The first-order valence-electron chi connectivity index (χ1n) is 6.60. The smallest absolute Gasteiger partial charge is 0.252 e. The number of carbonyl (C=O) groups is 1. The van der Waals surface area contributed by atoms with E-state index in [9.17, 15) is 13.2 Å². The number of nitrogens with one attached hydrogen (secondary N) is 1. The molecule has 0 saturated carbocycles. The van der Waals surface area contributed by atoms with Crippen LogP contribution in [0, 0.1) is 0 Å². The fourth-order valence-electron chi connectivity index (χ4n) is 1.63. The molecular formula is C13H22N2O3S2. The van der Waals surface area contributed by atoms with Crippen molar-refractivity contribution in [2.45, 2.75) is 43.9 Å². The molecule has 0 fully saturated rings. The fraction of sp³-hybridized carbons (Fsp3) is 0.615. The number of carbonyl (C=O) groups excluding carboxylic acids is 1. The second kappa shape index (κ2) is 7.19. The van der Waals surface area contributed by atoms with Crippen molar-refractivity contribution in [3.05, 3.63) is 17.0 Å². The molecule has 1 amide bonds. The number of rotatable bonds is 7. The van der Waals surface area contributed by atoms with Gasteiger partial charge in [-0.05, 0) is 31.9 Å². The summed E-state index contributed by atoms with van der Waals surface area (Å²) in [5.41, 5.74) is 0. The van der Waals surface area contributed by atoms with E-state index < -0.39 is 10.0 Å². The van der Waals surface area contributed by atoms with Crippen LogP contribution in [0.25, 0.3) is 0 Å². The van der Waals surface area contributed by atoms with Crippen molar-refractivity contribution in [1.29, 1.82) is 0 Å². The third-order valence-corrected chi connectivity index (χ3v) is 6.81. The molecule has 0 bridgehead atoms. The molecule has 1 atom stereocenters. The average molecular weight is 318 g/mol. The lowest BCUT2D eigenvalue weighted by Gasteiger charge is -2.22. The molecule has 0 aliphatic rings. The third kappa shape index (κ3) is 4.29. The summed E-state index contributed by atoms with van der Waals surface area (Å²) in [4.78, 5) is 11.7. The van der Waals surface area contributed by atoms with E-state index >= 15 is 0 Å². The zero-order valence-corrected chi connectivity index (χ0v) is 14.0. The first kappa shape index (κ1) is 17.1. The van der Waals surface area contributed by atoms with E-state index in [0.29, 0.717) is 17.2 Å². The molecule has 0 radical (unpaired) electrons. The standard InChI is InChI=1S/C13H22N2O3S2/c1-5-10(2)15(4)20(17,18)13-7-6-12(19-13)8-9-14-11(3)16/h6-7,10H,5,8-9H2,1-4H3,(H,14,16)/t10-/m0/s1. The van der Waals surface area contributed by atoms with Gasteiger partial charge >= 0.3 is 0 Å². The monoisotopic (exact) mass is 318 g/mol. The Labute approximate surface area is 125 Å². The SMILES string of the molecule is CC[C@H](C)N(C)S(=O)(=O)c1ccc(CCNC(C)=O)s1. The van der Waals surface area contributed by atoms with Gasteiger partial charge in [0.25, 0.3) is 10.0 Å². The minimum atomic E-state index is -3.41. The van der Waals surface area contributed by atoms with Gasteiger partial charge in [-0.25, -0.2) is 8.42 Å². The highest BCUT2D eigenvalue weighted by Crippen LogP contribution is 2.26. The first-order valence-corrected chi connectivity index (χ1v) is 8.85. The lowest BCUT2D eigenvalue weighted by molar-refractivity contribution is -0.118. The second-order valence-corrected chi connectivity index (χ2v) is 8.12. The number of nitrogens with zero attached hydrogens (tertiary/aromatic N) is 1. The molecule has 0 saturated heterocycles. The van der Waals surface area contributed by atoms with Crippen molar-refractivity contribution >= 4 is 27.3 Å². The maximum Gasteiger partial charge on any atom is 0.252 e. The van der Waals surface area contributed by atoms with Crippen LogP contribution < -0.4 is 5.32 Å². The van der Waals surface area contributed by atoms with Gasteiger partial charge in [-0.2, -0.15) is 4.31 Å². The summed E-state index contributed by atoms with van der Waals surface area (Å²) in [6, 6.07) is 3.43. The van der Waals surface area contributed by atoms with E-state index in [-0.39, 0.29) is 11.9 Å². The minimum absolute atomic E-state index is 0.0232. The van der Waals surface area contributed by atoms with Crippen LogP contribution in [0.5, 0.6) is 0 Å².